The average molecular weight is 927 g/mol. The van der Waals surface area contributed by atoms with Gasteiger partial charge in [0.2, 0.25) is 5.88 Å². The number of hydrogen-bond acceptors (Lipinski definition) is 14. The average Bonchev–Trinajstić information content (AvgIpc) is 3.68. The number of nitrogens with one attached hydrogen (secondary N) is 3. The lowest BCUT2D eigenvalue weighted by molar-refractivity contribution is -0.384. The van der Waals surface area contributed by atoms with Crippen molar-refractivity contribution in [2.75, 3.05) is 94.5 Å². The summed E-state index contributed by atoms with van der Waals surface area (Å²) in [7, 11) is -2.82. The maximum Gasteiger partial charge on any atom is 0.293 e. The van der Waals surface area contributed by atoms with Crippen molar-refractivity contribution in [2.45, 2.75) is 42.8 Å². The first-order valence-electron chi connectivity index (χ1n) is 21.8. The number of carbonyl (C=O) groups is 1. The molecule has 342 valence electrons. The summed E-state index contributed by atoms with van der Waals surface area (Å²) < 4.78 is 53.0. The Kier molecular flexibility index (Phi) is 13.2. The van der Waals surface area contributed by atoms with Crippen LogP contribution in [0, 0.1) is 10.1 Å². The predicted molar refractivity (Wildman–Crippen MR) is 248 cm³/mol. The molecule has 3 N–H and O–H groups in total. The van der Waals surface area contributed by atoms with Crippen molar-refractivity contribution >= 4 is 72.6 Å². The molecule has 0 unspecified atom stereocenters. The molecule has 5 aromatic rings. The number of hydrogen-bond donors (Lipinski definition) is 3. The molecule has 0 spiro atoms. The van der Waals surface area contributed by atoms with E-state index < -0.39 is 31.4 Å². The lowest BCUT2D eigenvalue weighted by atomic mass is 9.85. The number of nitro benzene ring substituents is 1. The number of aromatic nitrogens is 2. The Balaban J connectivity index is 0.984. The molecule has 65 heavy (non-hydrogen) atoms. The molecule has 9 rings (SSSR count). The van der Waals surface area contributed by atoms with E-state index in [0.29, 0.717) is 67.3 Å². The van der Waals surface area contributed by atoms with Gasteiger partial charge in [0.25, 0.3) is 21.6 Å². The van der Waals surface area contributed by atoms with Gasteiger partial charge >= 0.3 is 0 Å². The molecule has 2 fully saturated rings. The van der Waals surface area contributed by atoms with E-state index in [1.165, 1.54) is 28.8 Å². The van der Waals surface area contributed by atoms with Crippen LogP contribution in [0.2, 0.25) is 5.02 Å². The molecule has 0 saturated carbocycles. The number of halogens is 1. The highest BCUT2D eigenvalue weighted by atomic mass is 35.5. The van der Waals surface area contributed by atoms with Gasteiger partial charge < -0.3 is 39.0 Å². The number of pyridine rings is 1. The zero-order chi connectivity index (χ0) is 45.1. The van der Waals surface area contributed by atoms with E-state index in [4.69, 9.17) is 35.5 Å². The molecule has 4 aliphatic rings. The van der Waals surface area contributed by atoms with E-state index in [0.717, 1.165) is 69.1 Å². The standard InChI is InChI=1S/C46H51ClN8O9S/c1-61-35-9-5-32(39(25-35)30-3-6-33(47)7-4-30)28-52-16-18-53(19-17-52)34-8-11-38(41(24-34)54-15-2-20-64-46-43(54)23-31-13-14-48-44(31)50-46)45(56)51-65(59,60)37-10-12-40(42(26-37)55(57)58)49-27-36-29-62-21-22-63-36/h3-4,6-8,10-14,23-24,26,35-36,49H,2,5,9,15-22,25,27-29H2,1H3,(H,48,50)(H,51,56)/t35-,36-/m0/s1. The molecule has 1 aliphatic carbocycles. The molecule has 0 bridgehead atoms. The minimum Gasteiger partial charge on any atom is -0.476 e. The fourth-order valence-corrected chi connectivity index (χ4v) is 10.1. The minimum atomic E-state index is -4.60. The van der Waals surface area contributed by atoms with Crippen molar-refractivity contribution in [2.24, 2.45) is 0 Å². The number of aromatic amines is 1. The van der Waals surface area contributed by atoms with E-state index in [9.17, 15) is 23.3 Å². The Morgan fingerprint density at radius 2 is 1.83 bits per heavy atom. The second-order valence-electron chi connectivity index (χ2n) is 16.6. The van der Waals surface area contributed by atoms with Crippen LogP contribution in [0.5, 0.6) is 5.88 Å². The SMILES string of the molecule is CO[C@H]1CCC(CN2CCN(c3ccc(C(=O)NS(=O)(=O)c4ccc(NC[C@H]5COCCO5)c([N+](=O)[O-])c4)c(N4CCCOc5nc6[nH]ccc6cc54)c3)CC2)=C(c2ccc(Cl)cc2)C1. The molecule has 1 amide bonds. The Bertz CT molecular complexity index is 2700. The zero-order valence-corrected chi connectivity index (χ0v) is 37.5. The fourth-order valence-electron chi connectivity index (χ4n) is 8.98. The minimum absolute atomic E-state index is 0.0915. The third kappa shape index (κ3) is 9.92. The second-order valence-corrected chi connectivity index (χ2v) is 18.7. The topological polar surface area (TPSA) is 194 Å². The summed E-state index contributed by atoms with van der Waals surface area (Å²) in [5.74, 6) is -0.517. The first kappa shape index (κ1) is 44.4. The van der Waals surface area contributed by atoms with E-state index in [1.54, 1.807) is 19.4 Å². The molecule has 19 heteroatoms. The van der Waals surface area contributed by atoms with Crippen molar-refractivity contribution in [3.05, 3.63) is 111 Å². The highest BCUT2D eigenvalue weighted by molar-refractivity contribution is 7.90. The molecule has 3 aromatic carbocycles. The fraction of sp³-hybridized carbons (Fsp3) is 0.391. The summed E-state index contributed by atoms with van der Waals surface area (Å²) >= 11 is 6.24. The third-order valence-corrected chi connectivity index (χ3v) is 14.0. The normalized spacial score (nSPS) is 19.7. The summed E-state index contributed by atoms with van der Waals surface area (Å²) in [6, 6.07) is 20.8. The van der Waals surface area contributed by atoms with Gasteiger partial charge in [0, 0.05) is 81.3 Å². The summed E-state index contributed by atoms with van der Waals surface area (Å²) in [4.78, 5) is 40.0. The molecule has 0 radical (unpaired) electrons. The first-order chi connectivity index (χ1) is 31.5. The lowest BCUT2D eigenvalue weighted by Crippen LogP contribution is -2.47. The Hall–Kier alpha value is -5.76. The predicted octanol–water partition coefficient (Wildman–Crippen LogP) is 6.77. The quantitative estimate of drug-likeness (QED) is 0.0828. The largest absolute Gasteiger partial charge is 0.476 e. The van der Waals surface area contributed by atoms with Gasteiger partial charge in [-0.1, -0.05) is 29.3 Å². The van der Waals surface area contributed by atoms with Crippen LogP contribution in [-0.2, 0) is 24.2 Å². The van der Waals surface area contributed by atoms with Crippen LogP contribution in [0.15, 0.2) is 89.5 Å². The Morgan fingerprint density at radius 1 is 1.00 bits per heavy atom. The van der Waals surface area contributed by atoms with Gasteiger partial charge in [0.1, 0.15) is 17.0 Å². The van der Waals surface area contributed by atoms with E-state index in [2.05, 4.69) is 37.0 Å². The number of piperazine rings is 1. The second kappa shape index (κ2) is 19.4. The molecule has 2 saturated heterocycles. The third-order valence-electron chi connectivity index (χ3n) is 12.5. The van der Waals surface area contributed by atoms with Gasteiger partial charge in [-0.3, -0.25) is 19.8 Å². The van der Waals surface area contributed by atoms with Crippen LogP contribution < -0.4 is 24.6 Å². The molecular formula is C46H51ClN8O9S. The number of benzene rings is 3. The van der Waals surface area contributed by atoms with Crippen LogP contribution in [0.4, 0.5) is 28.4 Å². The lowest BCUT2D eigenvalue weighted by Gasteiger charge is -2.38. The number of methoxy groups -OCH3 is 1. The highest BCUT2D eigenvalue weighted by Crippen LogP contribution is 2.41. The molecule has 5 heterocycles. The number of nitro groups is 1. The van der Waals surface area contributed by atoms with Crippen molar-refractivity contribution < 1.29 is 37.1 Å². The maximum absolute atomic E-state index is 14.4. The van der Waals surface area contributed by atoms with Crippen LogP contribution in [-0.4, -0.2) is 126 Å². The Labute approximate surface area is 381 Å². The zero-order valence-electron chi connectivity index (χ0n) is 36.0. The Morgan fingerprint density at radius 3 is 2.60 bits per heavy atom. The molecule has 2 atom stereocenters. The van der Waals surface area contributed by atoms with Crippen molar-refractivity contribution in [3.63, 3.8) is 0 Å². The van der Waals surface area contributed by atoms with Crippen molar-refractivity contribution in [1.29, 1.82) is 0 Å². The van der Waals surface area contributed by atoms with Crippen LogP contribution >= 0.6 is 11.6 Å². The molecular weight excluding hydrogens is 876 g/mol. The van der Waals surface area contributed by atoms with E-state index in [-0.39, 0.29) is 30.0 Å². The summed E-state index contributed by atoms with van der Waals surface area (Å²) in [6.45, 7) is 6.14. The van der Waals surface area contributed by atoms with E-state index >= 15 is 0 Å². The van der Waals surface area contributed by atoms with Crippen LogP contribution in [0.25, 0.3) is 16.6 Å². The molecule has 2 aromatic heterocycles. The monoisotopic (exact) mass is 926 g/mol. The molecule has 17 nitrogen and oxygen atoms in total. The highest BCUT2D eigenvalue weighted by Gasteiger charge is 2.31. The summed E-state index contributed by atoms with van der Waals surface area (Å²) in [5.41, 5.74) is 6.25. The van der Waals surface area contributed by atoms with Crippen molar-refractivity contribution in [3.8, 4) is 5.88 Å². The number of rotatable bonds is 13. The number of fused-ring (bicyclic) bond motifs is 2. The maximum atomic E-state index is 14.4. The number of H-pyrrole nitrogens is 1. The summed E-state index contributed by atoms with van der Waals surface area (Å²) in [5, 5.41) is 16.7. The number of anilines is 4. The number of ether oxygens (including phenoxy) is 4. The number of nitrogens with zero attached hydrogens (tertiary/aromatic N) is 5. The van der Waals surface area contributed by atoms with Gasteiger partial charge in [-0.05, 0) is 91.4 Å². The first-order valence-corrected chi connectivity index (χ1v) is 23.7. The van der Waals surface area contributed by atoms with Gasteiger partial charge in [0.05, 0.1) is 59.7 Å². The van der Waals surface area contributed by atoms with Crippen LogP contribution in [0.1, 0.15) is 41.6 Å². The van der Waals surface area contributed by atoms with Gasteiger partial charge in [0.15, 0.2) is 0 Å². The van der Waals surface area contributed by atoms with Gasteiger partial charge in [-0.25, -0.2) is 13.1 Å². The van der Waals surface area contributed by atoms with E-state index in [1.807, 2.05) is 41.3 Å². The van der Waals surface area contributed by atoms with Crippen LogP contribution in [0.3, 0.4) is 0 Å². The van der Waals surface area contributed by atoms with Crippen molar-refractivity contribution in [1.82, 2.24) is 19.6 Å². The van der Waals surface area contributed by atoms with Gasteiger partial charge in [-0.15, -0.1) is 0 Å². The number of sulfonamides is 1. The summed E-state index contributed by atoms with van der Waals surface area (Å²) in [6.07, 6.45) is 5.01. The smallest absolute Gasteiger partial charge is 0.293 e. The molecule has 3 aliphatic heterocycles. The van der Waals surface area contributed by atoms with Gasteiger partial charge in [-0.2, -0.15) is 4.98 Å². The number of amides is 1. The number of carbonyl (C=O) groups excluding carboxylic acids is 1.